The average Bonchev–Trinajstić information content (AvgIpc) is 3.03. The summed E-state index contributed by atoms with van der Waals surface area (Å²) in [6.07, 6.45) is 1.91. The van der Waals surface area contributed by atoms with Gasteiger partial charge in [-0.1, -0.05) is 18.2 Å². The number of nitrogen functional groups attached to an aromatic ring is 2. The van der Waals surface area contributed by atoms with Gasteiger partial charge in [-0.2, -0.15) is 0 Å². The lowest BCUT2D eigenvalue weighted by Crippen LogP contribution is -1.81. The largest absolute Gasteiger partial charge is 0.399 e. The lowest BCUT2D eigenvalue weighted by Gasteiger charge is -1.90. The van der Waals surface area contributed by atoms with E-state index >= 15 is 0 Å². The second-order valence-electron chi connectivity index (χ2n) is 4.64. The van der Waals surface area contributed by atoms with Gasteiger partial charge in [0, 0.05) is 33.7 Å². The van der Waals surface area contributed by atoms with Crippen molar-refractivity contribution in [3.63, 3.8) is 0 Å². The van der Waals surface area contributed by atoms with Gasteiger partial charge in [0.15, 0.2) is 0 Å². The number of hydrogen-bond acceptors (Lipinski definition) is 2. The molecule has 4 rings (SSSR count). The fraction of sp³-hybridized carbons (Fsp3) is 0. The first kappa shape index (κ1) is 12.2. The molecule has 0 unspecified atom stereocenters. The molecule has 20 heavy (non-hydrogen) atoms. The molecule has 6 N–H and O–H groups in total. The summed E-state index contributed by atoms with van der Waals surface area (Å²) in [6, 6.07) is 17.8. The zero-order chi connectivity index (χ0) is 13.9. The molecule has 2 aromatic carbocycles. The number of rotatable bonds is 0. The lowest BCUT2D eigenvalue weighted by atomic mass is 10.2. The van der Waals surface area contributed by atoms with Crippen LogP contribution >= 0.6 is 0 Å². The van der Waals surface area contributed by atoms with Crippen molar-refractivity contribution < 1.29 is 0 Å². The van der Waals surface area contributed by atoms with Crippen LogP contribution in [0.25, 0.3) is 21.8 Å². The first-order valence-corrected chi connectivity index (χ1v) is 6.38. The molecule has 2 aromatic heterocycles. The van der Waals surface area contributed by atoms with E-state index in [-0.39, 0.29) is 0 Å². The molecule has 0 aliphatic carbocycles. The van der Waals surface area contributed by atoms with Crippen LogP contribution in [0.3, 0.4) is 0 Å². The van der Waals surface area contributed by atoms with Crippen LogP contribution in [0.1, 0.15) is 0 Å². The smallest absolute Gasteiger partial charge is 0.101 e. The van der Waals surface area contributed by atoms with Crippen molar-refractivity contribution in [3.8, 4) is 0 Å². The highest BCUT2D eigenvalue weighted by Gasteiger charge is 1.93. The highest BCUT2D eigenvalue weighted by Crippen LogP contribution is 2.15. The molecule has 0 aliphatic heterocycles. The van der Waals surface area contributed by atoms with Gasteiger partial charge in [0.2, 0.25) is 0 Å². The van der Waals surface area contributed by atoms with Gasteiger partial charge in [0.25, 0.3) is 0 Å². The standard InChI is InChI=1S/2C8H8N2/c9-7-1-2-8-6(5-7)3-4-10-8;9-8-5-6-3-1-2-4-7(6)10-8/h2*1-5,10H,9H2. The molecule has 0 saturated carbocycles. The Hall–Kier alpha value is -2.88. The molecule has 0 amide bonds. The van der Waals surface area contributed by atoms with Gasteiger partial charge >= 0.3 is 0 Å². The fourth-order valence-electron chi connectivity index (χ4n) is 2.17. The molecule has 0 radical (unpaired) electrons. The molecular formula is C16H16N4. The van der Waals surface area contributed by atoms with Crippen LogP contribution in [0, 0.1) is 0 Å². The highest BCUT2D eigenvalue weighted by molar-refractivity contribution is 5.83. The van der Waals surface area contributed by atoms with E-state index in [0.29, 0.717) is 0 Å². The minimum Gasteiger partial charge on any atom is -0.399 e. The van der Waals surface area contributed by atoms with E-state index in [0.717, 1.165) is 22.5 Å². The summed E-state index contributed by atoms with van der Waals surface area (Å²) in [5.41, 5.74) is 14.1. The van der Waals surface area contributed by atoms with Gasteiger partial charge in [-0.15, -0.1) is 0 Å². The Morgan fingerprint density at radius 3 is 2.40 bits per heavy atom. The van der Waals surface area contributed by atoms with E-state index < -0.39 is 0 Å². The second kappa shape index (κ2) is 5.01. The Bertz CT molecular complexity index is 809. The Kier molecular flexibility index (Phi) is 3.05. The van der Waals surface area contributed by atoms with Crippen LogP contribution in [0.2, 0.25) is 0 Å². The maximum Gasteiger partial charge on any atom is 0.101 e. The van der Waals surface area contributed by atoms with E-state index in [1.807, 2.05) is 60.8 Å². The van der Waals surface area contributed by atoms with Gasteiger partial charge in [0.1, 0.15) is 5.82 Å². The predicted octanol–water partition coefficient (Wildman–Crippen LogP) is 3.50. The summed E-state index contributed by atoms with van der Waals surface area (Å²) in [5, 5.41) is 2.33. The van der Waals surface area contributed by atoms with Crippen molar-refractivity contribution >= 4 is 33.3 Å². The van der Waals surface area contributed by atoms with Crippen LogP contribution < -0.4 is 11.5 Å². The molecule has 0 atom stereocenters. The van der Waals surface area contributed by atoms with E-state index in [1.165, 1.54) is 10.8 Å². The molecule has 0 aliphatic rings. The molecule has 2 heterocycles. The Labute approximate surface area is 116 Å². The van der Waals surface area contributed by atoms with Crippen molar-refractivity contribution in [1.82, 2.24) is 9.97 Å². The van der Waals surface area contributed by atoms with Crippen molar-refractivity contribution in [3.05, 3.63) is 60.8 Å². The fourth-order valence-corrected chi connectivity index (χ4v) is 2.17. The molecule has 0 saturated heterocycles. The lowest BCUT2D eigenvalue weighted by molar-refractivity contribution is 1.47. The average molecular weight is 264 g/mol. The van der Waals surface area contributed by atoms with Gasteiger partial charge in [0.05, 0.1) is 0 Å². The van der Waals surface area contributed by atoms with E-state index in [9.17, 15) is 0 Å². The molecule has 0 fully saturated rings. The summed E-state index contributed by atoms with van der Waals surface area (Å²) in [7, 11) is 0. The number of hydrogen-bond donors (Lipinski definition) is 4. The molecule has 0 bridgehead atoms. The number of nitrogens with one attached hydrogen (secondary N) is 2. The summed E-state index contributed by atoms with van der Waals surface area (Å²) in [5.74, 6) is 0.723. The third-order valence-corrected chi connectivity index (χ3v) is 3.13. The molecule has 4 heteroatoms. The number of nitrogens with two attached hydrogens (primary N) is 2. The number of aromatic amines is 2. The number of fused-ring (bicyclic) bond motifs is 2. The molecule has 4 nitrogen and oxygen atoms in total. The summed E-state index contributed by atoms with van der Waals surface area (Å²) in [6.45, 7) is 0. The van der Waals surface area contributed by atoms with Crippen molar-refractivity contribution in [1.29, 1.82) is 0 Å². The topological polar surface area (TPSA) is 83.6 Å². The summed E-state index contributed by atoms with van der Waals surface area (Å²) in [4.78, 5) is 6.13. The van der Waals surface area contributed by atoms with Gasteiger partial charge in [-0.3, -0.25) is 0 Å². The number of aromatic nitrogens is 2. The van der Waals surface area contributed by atoms with Crippen LogP contribution in [-0.2, 0) is 0 Å². The summed E-state index contributed by atoms with van der Waals surface area (Å²) < 4.78 is 0. The second-order valence-corrected chi connectivity index (χ2v) is 4.64. The maximum absolute atomic E-state index is 5.57. The summed E-state index contributed by atoms with van der Waals surface area (Å²) >= 11 is 0. The first-order chi connectivity index (χ1) is 9.72. The number of anilines is 2. The number of para-hydroxylation sites is 1. The Morgan fingerprint density at radius 2 is 1.55 bits per heavy atom. The quantitative estimate of drug-likeness (QED) is 0.366. The highest BCUT2D eigenvalue weighted by atomic mass is 14.8. The Morgan fingerprint density at radius 1 is 0.750 bits per heavy atom. The minimum absolute atomic E-state index is 0.723. The van der Waals surface area contributed by atoms with Crippen LogP contribution in [-0.4, -0.2) is 9.97 Å². The zero-order valence-electron chi connectivity index (χ0n) is 10.9. The number of benzene rings is 2. The van der Waals surface area contributed by atoms with Crippen molar-refractivity contribution in [2.45, 2.75) is 0 Å². The zero-order valence-corrected chi connectivity index (χ0v) is 10.9. The monoisotopic (exact) mass is 264 g/mol. The van der Waals surface area contributed by atoms with Crippen LogP contribution in [0.5, 0.6) is 0 Å². The third-order valence-electron chi connectivity index (χ3n) is 3.13. The molecule has 100 valence electrons. The van der Waals surface area contributed by atoms with Gasteiger partial charge in [-0.05, 0) is 36.4 Å². The predicted molar refractivity (Wildman–Crippen MR) is 85.4 cm³/mol. The molecule has 4 aromatic rings. The normalized spacial score (nSPS) is 10.4. The van der Waals surface area contributed by atoms with Crippen LogP contribution in [0.4, 0.5) is 11.5 Å². The van der Waals surface area contributed by atoms with Crippen molar-refractivity contribution in [2.75, 3.05) is 11.5 Å². The van der Waals surface area contributed by atoms with Gasteiger partial charge in [-0.25, -0.2) is 0 Å². The van der Waals surface area contributed by atoms with Gasteiger partial charge < -0.3 is 21.4 Å². The SMILES string of the molecule is Nc1cc2ccccc2[nH]1.Nc1ccc2[nH]ccc2c1. The van der Waals surface area contributed by atoms with E-state index in [2.05, 4.69) is 9.97 Å². The van der Waals surface area contributed by atoms with E-state index in [1.54, 1.807) is 0 Å². The maximum atomic E-state index is 5.57. The molecular weight excluding hydrogens is 248 g/mol. The molecule has 0 spiro atoms. The first-order valence-electron chi connectivity index (χ1n) is 6.38. The van der Waals surface area contributed by atoms with Crippen molar-refractivity contribution in [2.24, 2.45) is 0 Å². The van der Waals surface area contributed by atoms with Crippen LogP contribution in [0.15, 0.2) is 60.8 Å². The van der Waals surface area contributed by atoms with E-state index in [4.69, 9.17) is 11.5 Å². The minimum atomic E-state index is 0.723. The third kappa shape index (κ3) is 2.44. The number of H-pyrrole nitrogens is 2. The Balaban J connectivity index is 0.000000121.